The zero-order valence-electron chi connectivity index (χ0n) is 17.8. The van der Waals surface area contributed by atoms with Gasteiger partial charge >= 0.3 is 0 Å². The van der Waals surface area contributed by atoms with Gasteiger partial charge in [-0.1, -0.05) is 37.6 Å². The number of aliphatic hydroxyl groups is 1. The molecule has 0 amide bonds. The molecule has 5 nitrogen and oxygen atoms in total. The highest BCUT2D eigenvalue weighted by atomic mass is 127. The molecule has 0 saturated heterocycles. The minimum absolute atomic E-state index is 0. The quantitative estimate of drug-likeness (QED) is 0.261. The number of halogens is 1. The summed E-state index contributed by atoms with van der Waals surface area (Å²) in [6.45, 7) is 11.5. The Morgan fingerprint density at radius 1 is 1.18 bits per heavy atom. The summed E-state index contributed by atoms with van der Waals surface area (Å²) < 4.78 is 0. The van der Waals surface area contributed by atoms with E-state index in [9.17, 15) is 5.11 Å². The molecular weight excluding hydrogens is 463 g/mol. The standard InChI is InChI=1S/C22H38N4O.HI/c1-4-8-19(12-14-27)16-25-22(23-5-2)24-15-18(3)26-13-11-20-9-6-7-10-21(20)17-26;/h6-7,9-10,18-19,27H,4-5,8,11-17H2,1-3H3,(H2,23,24,25);1H. The Balaban J connectivity index is 0.00000392. The molecule has 2 rings (SSSR count). The molecule has 0 bridgehead atoms. The molecule has 0 saturated carbocycles. The van der Waals surface area contributed by atoms with E-state index >= 15 is 0 Å². The molecule has 6 heteroatoms. The van der Waals surface area contributed by atoms with Gasteiger partial charge in [-0.15, -0.1) is 24.0 Å². The average molecular weight is 502 g/mol. The summed E-state index contributed by atoms with van der Waals surface area (Å²) in [7, 11) is 0. The first-order chi connectivity index (χ1) is 13.2. The van der Waals surface area contributed by atoms with Crippen molar-refractivity contribution in [3.05, 3.63) is 35.4 Å². The van der Waals surface area contributed by atoms with Crippen LogP contribution >= 0.6 is 24.0 Å². The van der Waals surface area contributed by atoms with Crippen molar-refractivity contribution in [2.45, 2.75) is 59.0 Å². The Bertz CT molecular complexity index is 575. The molecule has 2 unspecified atom stereocenters. The van der Waals surface area contributed by atoms with Crippen molar-refractivity contribution < 1.29 is 5.11 Å². The molecule has 0 spiro atoms. The number of hydrogen-bond donors (Lipinski definition) is 3. The third-order valence-corrected chi connectivity index (χ3v) is 5.43. The number of benzene rings is 1. The fourth-order valence-electron chi connectivity index (χ4n) is 3.75. The lowest BCUT2D eigenvalue weighted by atomic mass is 9.99. The van der Waals surface area contributed by atoms with Crippen molar-refractivity contribution in [2.24, 2.45) is 10.9 Å². The molecule has 0 radical (unpaired) electrons. The van der Waals surface area contributed by atoms with E-state index in [0.717, 1.165) is 64.4 Å². The number of guanidine groups is 1. The Kier molecular flexibility index (Phi) is 12.7. The molecule has 160 valence electrons. The van der Waals surface area contributed by atoms with E-state index in [1.54, 1.807) is 0 Å². The van der Waals surface area contributed by atoms with Gasteiger partial charge in [0.05, 0.1) is 0 Å². The van der Waals surface area contributed by atoms with Gasteiger partial charge in [-0.3, -0.25) is 9.89 Å². The van der Waals surface area contributed by atoms with Gasteiger partial charge in [0.15, 0.2) is 5.96 Å². The first-order valence-corrected chi connectivity index (χ1v) is 10.6. The van der Waals surface area contributed by atoms with Gasteiger partial charge in [0.2, 0.25) is 0 Å². The molecule has 1 aliphatic heterocycles. The van der Waals surface area contributed by atoms with E-state index in [4.69, 9.17) is 4.99 Å². The van der Waals surface area contributed by atoms with E-state index in [1.165, 1.54) is 11.1 Å². The maximum absolute atomic E-state index is 9.24. The van der Waals surface area contributed by atoms with Crippen molar-refractivity contribution >= 4 is 29.9 Å². The normalized spacial score (nSPS) is 16.6. The summed E-state index contributed by atoms with van der Waals surface area (Å²) in [5, 5.41) is 16.1. The predicted molar refractivity (Wildman–Crippen MR) is 130 cm³/mol. The molecule has 3 N–H and O–H groups in total. The molecule has 28 heavy (non-hydrogen) atoms. The van der Waals surface area contributed by atoms with Gasteiger partial charge in [-0.05, 0) is 50.2 Å². The highest BCUT2D eigenvalue weighted by Crippen LogP contribution is 2.20. The van der Waals surface area contributed by atoms with Crippen LogP contribution in [0.15, 0.2) is 29.3 Å². The summed E-state index contributed by atoms with van der Waals surface area (Å²) in [6, 6.07) is 9.24. The van der Waals surface area contributed by atoms with Crippen LogP contribution in [0.25, 0.3) is 0 Å². The fourth-order valence-corrected chi connectivity index (χ4v) is 3.75. The molecule has 1 aromatic rings. The van der Waals surface area contributed by atoms with Crippen LogP contribution in [0.1, 0.15) is 51.2 Å². The largest absolute Gasteiger partial charge is 0.396 e. The maximum Gasteiger partial charge on any atom is 0.191 e. The second-order valence-electron chi connectivity index (χ2n) is 7.61. The van der Waals surface area contributed by atoms with Crippen LogP contribution in [0.3, 0.4) is 0 Å². The minimum atomic E-state index is 0. The number of aliphatic imine (C=N–C) groups is 1. The number of nitrogens with zero attached hydrogens (tertiary/aromatic N) is 2. The highest BCUT2D eigenvalue weighted by molar-refractivity contribution is 14.0. The lowest BCUT2D eigenvalue weighted by molar-refractivity contribution is 0.191. The Hall–Kier alpha value is -0.860. The highest BCUT2D eigenvalue weighted by Gasteiger charge is 2.20. The van der Waals surface area contributed by atoms with Crippen molar-refractivity contribution in [1.82, 2.24) is 15.5 Å². The topological polar surface area (TPSA) is 59.9 Å². The molecular formula is C22H39IN4O. The number of rotatable bonds is 10. The van der Waals surface area contributed by atoms with Crippen molar-refractivity contribution in [2.75, 3.05) is 32.8 Å². The van der Waals surface area contributed by atoms with E-state index in [2.05, 4.69) is 60.6 Å². The van der Waals surface area contributed by atoms with Crippen molar-refractivity contribution in [1.29, 1.82) is 0 Å². The van der Waals surface area contributed by atoms with Crippen LogP contribution < -0.4 is 10.6 Å². The van der Waals surface area contributed by atoms with Crippen LogP contribution in [0.5, 0.6) is 0 Å². The molecule has 0 aliphatic carbocycles. The SMILES string of the molecule is CCCC(CCO)CN=C(NCC)NCC(C)N1CCc2ccccc2C1.I. The van der Waals surface area contributed by atoms with Crippen LogP contribution in [-0.4, -0.2) is 54.8 Å². The Morgan fingerprint density at radius 3 is 2.61 bits per heavy atom. The van der Waals surface area contributed by atoms with Crippen molar-refractivity contribution in [3.8, 4) is 0 Å². The van der Waals surface area contributed by atoms with Gasteiger partial charge in [-0.2, -0.15) is 0 Å². The van der Waals surface area contributed by atoms with Crippen LogP contribution in [-0.2, 0) is 13.0 Å². The second-order valence-corrected chi connectivity index (χ2v) is 7.61. The number of nitrogens with one attached hydrogen (secondary N) is 2. The first kappa shape index (κ1) is 25.2. The molecule has 1 heterocycles. The smallest absolute Gasteiger partial charge is 0.191 e. The van der Waals surface area contributed by atoms with Crippen LogP contribution in [0, 0.1) is 5.92 Å². The zero-order chi connectivity index (χ0) is 19.5. The lowest BCUT2D eigenvalue weighted by Crippen LogP contribution is -2.47. The van der Waals surface area contributed by atoms with E-state index in [0.29, 0.717) is 12.0 Å². The van der Waals surface area contributed by atoms with Crippen LogP contribution in [0.4, 0.5) is 0 Å². The van der Waals surface area contributed by atoms with Crippen LogP contribution in [0.2, 0.25) is 0 Å². The lowest BCUT2D eigenvalue weighted by Gasteiger charge is -2.34. The van der Waals surface area contributed by atoms with Gasteiger partial charge < -0.3 is 15.7 Å². The van der Waals surface area contributed by atoms with E-state index in [-0.39, 0.29) is 30.6 Å². The maximum atomic E-state index is 9.24. The molecule has 2 atom stereocenters. The fraction of sp³-hybridized carbons (Fsp3) is 0.682. The number of aliphatic hydroxyl groups excluding tert-OH is 1. The van der Waals surface area contributed by atoms with Gasteiger partial charge in [-0.25, -0.2) is 0 Å². The molecule has 0 fully saturated rings. The molecule has 1 aliphatic rings. The molecule has 0 aromatic heterocycles. The Labute approximate surface area is 188 Å². The van der Waals surface area contributed by atoms with Gasteiger partial charge in [0.1, 0.15) is 0 Å². The first-order valence-electron chi connectivity index (χ1n) is 10.6. The second kappa shape index (κ2) is 14.2. The average Bonchev–Trinajstić information content (AvgIpc) is 2.69. The van der Waals surface area contributed by atoms with E-state index in [1.807, 2.05) is 0 Å². The number of fused-ring (bicyclic) bond motifs is 1. The van der Waals surface area contributed by atoms with Gasteiger partial charge in [0.25, 0.3) is 0 Å². The van der Waals surface area contributed by atoms with Crippen molar-refractivity contribution in [3.63, 3.8) is 0 Å². The zero-order valence-corrected chi connectivity index (χ0v) is 20.1. The third kappa shape index (κ3) is 8.25. The van der Waals surface area contributed by atoms with E-state index < -0.39 is 0 Å². The summed E-state index contributed by atoms with van der Waals surface area (Å²) in [5.74, 6) is 1.35. The summed E-state index contributed by atoms with van der Waals surface area (Å²) in [4.78, 5) is 7.32. The minimum Gasteiger partial charge on any atom is -0.396 e. The number of hydrogen-bond acceptors (Lipinski definition) is 3. The summed E-state index contributed by atoms with van der Waals surface area (Å²) in [6.07, 6.45) is 4.22. The molecule has 1 aromatic carbocycles. The summed E-state index contributed by atoms with van der Waals surface area (Å²) in [5.41, 5.74) is 2.96. The van der Waals surface area contributed by atoms with Gasteiger partial charge in [0, 0.05) is 45.4 Å². The summed E-state index contributed by atoms with van der Waals surface area (Å²) >= 11 is 0. The third-order valence-electron chi connectivity index (χ3n) is 5.43. The predicted octanol–water partition coefficient (Wildman–Crippen LogP) is 3.41. The monoisotopic (exact) mass is 502 g/mol. The Morgan fingerprint density at radius 2 is 1.93 bits per heavy atom.